The van der Waals surface area contributed by atoms with Gasteiger partial charge in [0.1, 0.15) is 11.5 Å². The van der Waals surface area contributed by atoms with Crippen LogP contribution in [-0.4, -0.2) is 8.42 Å². The molecule has 0 unspecified atom stereocenters. The third-order valence-corrected chi connectivity index (χ3v) is 4.54. The number of primary sulfonamides is 1. The number of benzene rings is 3. The monoisotopic (exact) mass is 355 g/mol. The fourth-order valence-electron chi connectivity index (χ4n) is 2.44. The second-order valence-electron chi connectivity index (χ2n) is 5.50. The molecule has 0 saturated heterocycles. The van der Waals surface area contributed by atoms with Crippen molar-refractivity contribution >= 4 is 21.4 Å². The van der Waals surface area contributed by atoms with Gasteiger partial charge in [0.15, 0.2) is 0 Å². The van der Waals surface area contributed by atoms with Crippen LogP contribution in [0.4, 0.5) is 11.4 Å². The highest BCUT2D eigenvalue weighted by molar-refractivity contribution is 7.89. The maximum Gasteiger partial charge on any atom is 0.238 e. The van der Waals surface area contributed by atoms with E-state index < -0.39 is 10.0 Å². The predicted molar refractivity (Wildman–Crippen MR) is 98.6 cm³/mol. The van der Waals surface area contributed by atoms with E-state index in [1.807, 2.05) is 0 Å². The fraction of sp³-hybridized carbons (Fsp3) is 0. The lowest BCUT2D eigenvalue weighted by atomic mass is 10.0. The second kappa shape index (κ2) is 6.46. The standard InChI is InChI=1S/C18H17N3O3S/c19-13-2-1-3-16(10-13)24-15-7-4-12(5-8-15)17-11-14(20)6-9-18(17)25(21,22)23/h1-11H,19-20H2,(H2,21,22,23). The van der Waals surface area contributed by atoms with E-state index in [0.717, 1.165) is 0 Å². The summed E-state index contributed by atoms with van der Waals surface area (Å²) in [5, 5.41) is 5.29. The van der Waals surface area contributed by atoms with Crippen molar-refractivity contribution in [2.75, 3.05) is 11.5 Å². The molecule has 0 spiro atoms. The van der Waals surface area contributed by atoms with Crippen LogP contribution in [0.2, 0.25) is 0 Å². The summed E-state index contributed by atoms with van der Waals surface area (Å²) in [6.45, 7) is 0. The van der Waals surface area contributed by atoms with Gasteiger partial charge in [0.05, 0.1) is 4.90 Å². The fourth-order valence-corrected chi connectivity index (χ4v) is 3.18. The summed E-state index contributed by atoms with van der Waals surface area (Å²) in [6, 6.07) is 18.5. The molecule has 0 aliphatic heterocycles. The van der Waals surface area contributed by atoms with Crippen molar-refractivity contribution in [2.45, 2.75) is 4.90 Å². The van der Waals surface area contributed by atoms with Crippen LogP contribution >= 0.6 is 0 Å². The van der Waals surface area contributed by atoms with Crippen molar-refractivity contribution in [3.05, 3.63) is 66.7 Å². The lowest BCUT2D eigenvalue weighted by molar-refractivity contribution is 0.483. The Hall–Kier alpha value is -3.03. The number of nitrogen functional groups attached to an aromatic ring is 2. The number of nitrogens with two attached hydrogens (primary N) is 3. The Morgan fingerprint density at radius 3 is 2.08 bits per heavy atom. The lowest BCUT2D eigenvalue weighted by Crippen LogP contribution is -2.13. The van der Waals surface area contributed by atoms with Crippen molar-refractivity contribution < 1.29 is 13.2 Å². The van der Waals surface area contributed by atoms with Gasteiger partial charge in [-0.25, -0.2) is 13.6 Å². The van der Waals surface area contributed by atoms with Crippen LogP contribution in [0.15, 0.2) is 71.6 Å². The first-order valence-electron chi connectivity index (χ1n) is 7.39. The third-order valence-electron chi connectivity index (χ3n) is 3.57. The molecule has 0 fully saturated rings. The molecule has 0 atom stereocenters. The van der Waals surface area contributed by atoms with Gasteiger partial charge in [0, 0.05) is 23.0 Å². The Morgan fingerprint density at radius 2 is 1.44 bits per heavy atom. The number of sulfonamides is 1. The Bertz CT molecular complexity index is 1020. The molecule has 6 nitrogen and oxygen atoms in total. The summed E-state index contributed by atoms with van der Waals surface area (Å²) in [7, 11) is -3.86. The summed E-state index contributed by atoms with van der Waals surface area (Å²) < 4.78 is 29.3. The average Bonchev–Trinajstić information content (AvgIpc) is 2.54. The quantitative estimate of drug-likeness (QED) is 0.621. The van der Waals surface area contributed by atoms with Crippen molar-refractivity contribution in [3.8, 4) is 22.6 Å². The van der Waals surface area contributed by atoms with Gasteiger partial charge >= 0.3 is 0 Å². The van der Waals surface area contributed by atoms with Gasteiger partial charge in [-0.05, 0) is 48.0 Å². The molecular formula is C18H17N3O3S. The molecule has 128 valence electrons. The Morgan fingerprint density at radius 1 is 0.760 bits per heavy atom. The third kappa shape index (κ3) is 3.90. The van der Waals surface area contributed by atoms with Crippen molar-refractivity contribution in [2.24, 2.45) is 5.14 Å². The second-order valence-corrected chi connectivity index (χ2v) is 7.03. The topological polar surface area (TPSA) is 121 Å². The maximum absolute atomic E-state index is 11.8. The number of rotatable bonds is 4. The number of hydrogen-bond acceptors (Lipinski definition) is 5. The average molecular weight is 355 g/mol. The summed E-state index contributed by atoms with van der Waals surface area (Å²) in [4.78, 5) is 0.0196. The van der Waals surface area contributed by atoms with Gasteiger partial charge in [-0.3, -0.25) is 0 Å². The van der Waals surface area contributed by atoms with Gasteiger partial charge in [-0.2, -0.15) is 0 Å². The zero-order valence-electron chi connectivity index (χ0n) is 13.2. The predicted octanol–water partition coefficient (Wildman–Crippen LogP) is 2.96. The van der Waals surface area contributed by atoms with E-state index in [9.17, 15) is 8.42 Å². The molecule has 0 radical (unpaired) electrons. The van der Waals surface area contributed by atoms with Crippen LogP contribution in [0.5, 0.6) is 11.5 Å². The molecular weight excluding hydrogens is 338 g/mol. The SMILES string of the molecule is Nc1cccc(Oc2ccc(-c3cc(N)ccc3S(N)(=O)=O)cc2)c1. The van der Waals surface area contributed by atoms with Gasteiger partial charge < -0.3 is 16.2 Å². The van der Waals surface area contributed by atoms with Gasteiger partial charge in [-0.1, -0.05) is 18.2 Å². The highest BCUT2D eigenvalue weighted by Crippen LogP contribution is 2.31. The zero-order chi connectivity index (χ0) is 18.0. The highest BCUT2D eigenvalue weighted by atomic mass is 32.2. The first-order valence-corrected chi connectivity index (χ1v) is 8.94. The van der Waals surface area contributed by atoms with E-state index >= 15 is 0 Å². The first kappa shape index (κ1) is 16.8. The smallest absolute Gasteiger partial charge is 0.238 e. The van der Waals surface area contributed by atoms with E-state index in [0.29, 0.717) is 34.0 Å². The molecule has 0 aliphatic rings. The molecule has 0 heterocycles. The van der Waals surface area contributed by atoms with E-state index in [2.05, 4.69) is 0 Å². The zero-order valence-corrected chi connectivity index (χ0v) is 14.0. The number of ether oxygens (including phenoxy) is 1. The molecule has 3 rings (SSSR count). The van der Waals surface area contributed by atoms with E-state index in [1.54, 1.807) is 54.6 Å². The van der Waals surface area contributed by atoms with Crippen LogP contribution in [0.1, 0.15) is 0 Å². The Kier molecular flexibility index (Phi) is 4.35. The molecule has 0 aromatic heterocycles. The van der Waals surface area contributed by atoms with Crippen molar-refractivity contribution in [3.63, 3.8) is 0 Å². The molecule has 0 aliphatic carbocycles. The molecule has 3 aromatic carbocycles. The van der Waals surface area contributed by atoms with Crippen LogP contribution < -0.4 is 21.3 Å². The molecule has 6 N–H and O–H groups in total. The van der Waals surface area contributed by atoms with Crippen LogP contribution in [-0.2, 0) is 10.0 Å². The maximum atomic E-state index is 11.8. The van der Waals surface area contributed by atoms with Crippen LogP contribution in [0.25, 0.3) is 11.1 Å². The van der Waals surface area contributed by atoms with Crippen molar-refractivity contribution in [1.82, 2.24) is 0 Å². The minimum Gasteiger partial charge on any atom is -0.457 e. The molecule has 25 heavy (non-hydrogen) atoms. The molecule has 0 saturated carbocycles. The normalized spacial score (nSPS) is 11.2. The highest BCUT2D eigenvalue weighted by Gasteiger charge is 2.15. The lowest BCUT2D eigenvalue weighted by Gasteiger charge is -2.11. The Balaban J connectivity index is 1.94. The van der Waals surface area contributed by atoms with E-state index in [4.69, 9.17) is 21.3 Å². The number of hydrogen-bond donors (Lipinski definition) is 3. The molecule has 0 amide bonds. The summed E-state index contributed by atoms with van der Waals surface area (Å²) >= 11 is 0. The summed E-state index contributed by atoms with van der Waals surface area (Å²) in [5.41, 5.74) is 13.7. The van der Waals surface area contributed by atoms with Gasteiger partial charge in [0.2, 0.25) is 10.0 Å². The van der Waals surface area contributed by atoms with Crippen molar-refractivity contribution in [1.29, 1.82) is 0 Å². The Labute approximate surface area is 145 Å². The molecule has 7 heteroatoms. The summed E-state index contributed by atoms with van der Waals surface area (Å²) in [6.07, 6.45) is 0. The van der Waals surface area contributed by atoms with E-state index in [1.165, 1.54) is 12.1 Å². The van der Waals surface area contributed by atoms with Gasteiger partial charge in [0.25, 0.3) is 0 Å². The van der Waals surface area contributed by atoms with Crippen LogP contribution in [0.3, 0.4) is 0 Å². The van der Waals surface area contributed by atoms with E-state index in [-0.39, 0.29) is 4.90 Å². The molecule has 3 aromatic rings. The largest absolute Gasteiger partial charge is 0.457 e. The summed E-state index contributed by atoms with van der Waals surface area (Å²) in [5.74, 6) is 1.21. The first-order chi connectivity index (χ1) is 11.8. The number of anilines is 2. The van der Waals surface area contributed by atoms with Crippen LogP contribution in [0, 0.1) is 0 Å². The van der Waals surface area contributed by atoms with Gasteiger partial charge in [-0.15, -0.1) is 0 Å². The minimum absolute atomic E-state index is 0.0196. The molecule has 0 bridgehead atoms. The minimum atomic E-state index is -3.86.